The van der Waals surface area contributed by atoms with E-state index in [0.29, 0.717) is 13.1 Å². The summed E-state index contributed by atoms with van der Waals surface area (Å²) >= 11 is 1.51. The van der Waals surface area contributed by atoms with Gasteiger partial charge in [-0.1, -0.05) is 36.4 Å². The van der Waals surface area contributed by atoms with Crippen LogP contribution in [0.1, 0.15) is 16.1 Å². The van der Waals surface area contributed by atoms with Gasteiger partial charge in [0.1, 0.15) is 5.01 Å². The number of hydrogen-bond donors (Lipinski definition) is 0. The number of carbonyl (C=O) groups excluding carboxylic acids is 1. The topological polar surface area (TPSA) is 46.1 Å². The highest BCUT2D eigenvalue weighted by atomic mass is 32.1. The normalized spacial score (nSPS) is 10.9. The molecule has 0 N–H and O–H groups in total. The molecule has 126 valence electrons. The van der Waals surface area contributed by atoms with Gasteiger partial charge in [-0.3, -0.25) is 9.78 Å². The first-order chi connectivity index (χ1) is 12.3. The highest BCUT2D eigenvalue weighted by Gasteiger charge is 2.12. The van der Waals surface area contributed by atoms with Crippen LogP contribution in [0, 0.1) is 0 Å². The number of amides is 1. The zero-order chi connectivity index (χ0) is 17.3. The van der Waals surface area contributed by atoms with Crippen molar-refractivity contribution in [3.8, 4) is 0 Å². The van der Waals surface area contributed by atoms with Gasteiger partial charge in [0.25, 0.3) is 0 Å². The maximum absolute atomic E-state index is 12.7. The van der Waals surface area contributed by atoms with E-state index < -0.39 is 0 Å². The summed E-state index contributed by atoms with van der Waals surface area (Å²) in [5.41, 5.74) is 2.24. The van der Waals surface area contributed by atoms with E-state index >= 15 is 0 Å². The van der Waals surface area contributed by atoms with E-state index in [4.69, 9.17) is 0 Å². The van der Waals surface area contributed by atoms with Gasteiger partial charge >= 0.3 is 0 Å². The fraction of sp³-hybridized carbons (Fsp3) is 0.150. The third-order valence-electron chi connectivity index (χ3n) is 3.74. The van der Waals surface area contributed by atoms with Crippen molar-refractivity contribution >= 4 is 23.3 Å². The zero-order valence-electron chi connectivity index (χ0n) is 13.8. The van der Waals surface area contributed by atoms with Gasteiger partial charge in [0.05, 0.1) is 0 Å². The Morgan fingerprint density at radius 2 is 1.92 bits per heavy atom. The van der Waals surface area contributed by atoms with Crippen LogP contribution in [0.4, 0.5) is 0 Å². The summed E-state index contributed by atoms with van der Waals surface area (Å²) in [4.78, 5) is 22.8. The van der Waals surface area contributed by atoms with E-state index in [2.05, 4.69) is 22.1 Å². The molecule has 5 heteroatoms. The second kappa shape index (κ2) is 8.89. The van der Waals surface area contributed by atoms with Crippen LogP contribution in [0.2, 0.25) is 0 Å². The number of hydrogen-bond acceptors (Lipinski definition) is 4. The molecule has 0 aliphatic rings. The van der Waals surface area contributed by atoms with Gasteiger partial charge in [0.15, 0.2) is 0 Å². The standard InChI is InChI=1S/C20H19N3OS/c24-20(9-8-19-22-12-14-25-19)23(16-18-7-4-11-21-15-18)13-10-17-5-2-1-3-6-17/h1-9,11-12,14-15H,10,13,16H2/b9-8+. The summed E-state index contributed by atoms with van der Waals surface area (Å²) in [5.74, 6) is -0.0185. The van der Waals surface area contributed by atoms with E-state index in [1.807, 2.05) is 40.6 Å². The van der Waals surface area contributed by atoms with Crippen molar-refractivity contribution in [2.45, 2.75) is 13.0 Å². The summed E-state index contributed by atoms with van der Waals surface area (Å²) in [6.07, 6.45) is 9.46. The number of benzene rings is 1. The largest absolute Gasteiger partial charge is 0.334 e. The number of aromatic nitrogens is 2. The van der Waals surface area contributed by atoms with E-state index in [1.165, 1.54) is 16.9 Å². The molecule has 0 aliphatic carbocycles. The van der Waals surface area contributed by atoms with Crippen LogP contribution in [0.15, 0.2) is 72.5 Å². The maximum atomic E-state index is 12.7. The van der Waals surface area contributed by atoms with Crippen LogP contribution in [-0.2, 0) is 17.8 Å². The number of carbonyl (C=O) groups is 1. The Bertz CT molecular complexity index is 801. The first-order valence-electron chi connectivity index (χ1n) is 8.10. The van der Waals surface area contributed by atoms with Crippen molar-refractivity contribution in [1.29, 1.82) is 0 Å². The van der Waals surface area contributed by atoms with Gasteiger partial charge in [-0.15, -0.1) is 11.3 Å². The Morgan fingerprint density at radius 3 is 2.64 bits per heavy atom. The summed E-state index contributed by atoms with van der Waals surface area (Å²) in [6, 6.07) is 14.1. The molecule has 2 aromatic heterocycles. The van der Waals surface area contributed by atoms with Crippen LogP contribution in [-0.4, -0.2) is 27.3 Å². The lowest BCUT2D eigenvalue weighted by Crippen LogP contribution is -2.31. The predicted molar refractivity (Wildman–Crippen MR) is 101 cm³/mol. The molecular formula is C20H19N3OS. The van der Waals surface area contributed by atoms with Gasteiger partial charge < -0.3 is 4.90 Å². The SMILES string of the molecule is O=C(/C=C/c1nccs1)N(CCc1ccccc1)Cc1cccnc1. The molecule has 2 heterocycles. The molecular weight excluding hydrogens is 330 g/mol. The maximum Gasteiger partial charge on any atom is 0.246 e. The second-order valence-electron chi connectivity index (χ2n) is 5.56. The number of nitrogens with zero attached hydrogens (tertiary/aromatic N) is 3. The molecule has 4 nitrogen and oxygen atoms in total. The molecule has 0 unspecified atom stereocenters. The second-order valence-corrected chi connectivity index (χ2v) is 6.49. The Labute approximate surface area is 151 Å². The summed E-state index contributed by atoms with van der Waals surface area (Å²) in [7, 11) is 0. The number of rotatable bonds is 7. The van der Waals surface area contributed by atoms with Gasteiger partial charge in [-0.05, 0) is 29.7 Å². The monoisotopic (exact) mass is 349 g/mol. The lowest BCUT2D eigenvalue weighted by Gasteiger charge is -2.21. The summed E-state index contributed by atoms with van der Waals surface area (Å²) in [5, 5.41) is 2.73. The molecule has 0 bridgehead atoms. The third kappa shape index (κ3) is 5.36. The predicted octanol–water partition coefficient (Wildman–Crippen LogP) is 3.82. The molecule has 0 saturated heterocycles. The highest BCUT2D eigenvalue weighted by Crippen LogP contribution is 2.10. The molecule has 0 fully saturated rings. The lowest BCUT2D eigenvalue weighted by molar-refractivity contribution is -0.126. The average molecular weight is 349 g/mol. The smallest absolute Gasteiger partial charge is 0.246 e. The van der Waals surface area contributed by atoms with Crippen LogP contribution in [0.25, 0.3) is 6.08 Å². The van der Waals surface area contributed by atoms with Crippen molar-refractivity contribution in [1.82, 2.24) is 14.9 Å². The molecule has 1 amide bonds. The first-order valence-corrected chi connectivity index (χ1v) is 8.98. The van der Waals surface area contributed by atoms with E-state index in [1.54, 1.807) is 30.7 Å². The van der Waals surface area contributed by atoms with Crippen molar-refractivity contribution < 1.29 is 4.79 Å². The van der Waals surface area contributed by atoms with Crippen molar-refractivity contribution in [2.75, 3.05) is 6.54 Å². The first kappa shape index (κ1) is 17.0. The Balaban J connectivity index is 1.69. The molecule has 3 aromatic rings. The summed E-state index contributed by atoms with van der Waals surface area (Å²) < 4.78 is 0. The minimum Gasteiger partial charge on any atom is -0.334 e. The third-order valence-corrected chi connectivity index (χ3v) is 4.48. The minimum atomic E-state index is -0.0185. The van der Waals surface area contributed by atoms with Crippen LogP contribution < -0.4 is 0 Å². The lowest BCUT2D eigenvalue weighted by atomic mass is 10.1. The van der Waals surface area contributed by atoms with Gasteiger partial charge in [0.2, 0.25) is 5.91 Å². The number of pyridine rings is 1. The van der Waals surface area contributed by atoms with Gasteiger partial charge in [-0.2, -0.15) is 0 Å². The molecule has 0 saturated carbocycles. The van der Waals surface area contributed by atoms with Crippen molar-refractivity contribution in [2.24, 2.45) is 0 Å². The zero-order valence-corrected chi connectivity index (χ0v) is 14.6. The molecule has 0 radical (unpaired) electrons. The molecule has 0 spiro atoms. The molecule has 25 heavy (non-hydrogen) atoms. The molecule has 3 rings (SSSR count). The fourth-order valence-electron chi connectivity index (χ4n) is 2.45. The molecule has 1 aromatic carbocycles. The van der Waals surface area contributed by atoms with Gasteiger partial charge in [-0.25, -0.2) is 4.98 Å². The fourth-order valence-corrected chi connectivity index (χ4v) is 2.98. The van der Waals surface area contributed by atoms with Crippen molar-refractivity contribution in [3.63, 3.8) is 0 Å². The molecule has 0 aliphatic heterocycles. The number of thiazole rings is 1. The van der Waals surface area contributed by atoms with E-state index in [-0.39, 0.29) is 5.91 Å². The van der Waals surface area contributed by atoms with Crippen molar-refractivity contribution in [3.05, 3.63) is 88.6 Å². The molecule has 0 atom stereocenters. The van der Waals surface area contributed by atoms with Gasteiger partial charge in [0, 0.05) is 43.1 Å². The van der Waals surface area contributed by atoms with E-state index in [9.17, 15) is 4.79 Å². The highest BCUT2D eigenvalue weighted by molar-refractivity contribution is 7.10. The van der Waals surface area contributed by atoms with E-state index in [0.717, 1.165) is 17.0 Å². The summed E-state index contributed by atoms with van der Waals surface area (Å²) in [6.45, 7) is 1.20. The van der Waals surface area contributed by atoms with Crippen LogP contribution >= 0.6 is 11.3 Å². The minimum absolute atomic E-state index is 0.0185. The van der Waals surface area contributed by atoms with Crippen LogP contribution in [0.3, 0.4) is 0 Å². The average Bonchev–Trinajstić information content (AvgIpc) is 3.18. The Kier molecular flexibility index (Phi) is 6.06. The Morgan fingerprint density at radius 1 is 1.08 bits per heavy atom. The van der Waals surface area contributed by atoms with Crippen LogP contribution in [0.5, 0.6) is 0 Å². The Hall–Kier alpha value is -2.79. The quantitative estimate of drug-likeness (QED) is 0.609.